The van der Waals surface area contributed by atoms with E-state index in [0.29, 0.717) is 6.04 Å². The highest BCUT2D eigenvalue weighted by molar-refractivity contribution is 5.94. The van der Waals surface area contributed by atoms with Crippen LogP contribution in [-0.4, -0.2) is 51.9 Å². The molecule has 1 atom stereocenters. The molecule has 1 saturated heterocycles. The van der Waals surface area contributed by atoms with E-state index in [2.05, 4.69) is 28.0 Å². The van der Waals surface area contributed by atoms with Gasteiger partial charge in [0.15, 0.2) is 0 Å². The van der Waals surface area contributed by atoms with Gasteiger partial charge in [-0.1, -0.05) is 6.07 Å². The number of aromatic nitrogens is 2. The van der Waals surface area contributed by atoms with Gasteiger partial charge in [-0.15, -0.1) is 0 Å². The van der Waals surface area contributed by atoms with Crippen molar-refractivity contribution in [3.8, 4) is 0 Å². The topological polar surface area (TPSA) is 52.2 Å². The van der Waals surface area contributed by atoms with Crippen molar-refractivity contribution in [1.29, 1.82) is 0 Å². The molecule has 0 spiro atoms. The molecule has 23 heavy (non-hydrogen) atoms. The molecule has 1 aliphatic heterocycles. The van der Waals surface area contributed by atoms with Crippen LogP contribution in [0.15, 0.2) is 42.9 Å². The molecule has 1 amide bonds. The number of hydrogen-bond donors (Lipinski definition) is 1. The van der Waals surface area contributed by atoms with Crippen LogP contribution in [0.3, 0.4) is 0 Å². The van der Waals surface area contributed by atoms with Gasteiger partial charge in [-0.25, -0.2) is 0 Å². The van der Waals surface area contributed by atoms with Crippen LogP contribution in [-0.2, 0) is 6.54 Å². The fraction of sp³-hybridized carbons (Fsp3) is 0.444. The Bertz CT molecular complexity index is 611. The fourth-order valence-electron chi connectivity index (χ4n) is 3.24. The summed E-state index contributed by atoms with van der Waals surface area (Å²) >= 11 is 0. The number of carbonyl (C=O) groups is 1. The zero-order chi connectivity index (χ0) is 16.1. The molecule has 1 fully saturated rings. The molecule has 0 unspecified atom stereocenters. The largest absolute Gasteiger partial charge is 0.367 e. The number of nitrogens with one attached hydrogen (secondary N) is 1. The number of likely N-dealkylation sites (tertiary alicyclic amines) is 1. The third-order valence-electron chi connectivity index (χ3n) is 4.59. The number of aromatic amines is 1. The summed E-state index contributed by atoms with van der Waals surface area (Å²) in [5.41, 5.74) is 1.85. The molecular weight excluding hydrogens is 288 g/mol. The Labute approximate surface area is 137 Å². The van der Waals surface area contributed by atoms with Crippen LogP contribution in [0.2, 0.25) is 0 Å². The maximum atomic E-state index is 12.5. The van der Waals surface area contributed by atoms with Gasteiger partial charge in [0, 0.05) is 44.3 Å². The first kappa shape index (κ1) is 15.7. The minimum atomic E-state index is 0.138. The number of nitrogens with zero attached hydrogens (tertiary/aromatic N) is 3. The van der Waals surface area contributed by atoms with Crippen LogP contribution in [0.4, 0.5) is 0 Å². The van der Waals surface area contributed by atoms with Gasteiger partial charge in [-0.3, -0.25) is 14.7 Å². The van der Waals surface area contributed by atoms with E-state index in [4.69, 9.17) is 0 Å². The fourth-order valence-corrected chi connectivity index (χ4v) is 3.24. The summed E-state index contributed by atoms with van der Waals surface area (Å²) in [7, 11) is 2.16. The molecule has 0 bridgehead atoms. The Morgan fingerprint density at radius 3 is 3.00 bits per heavy atom. The SMILES string of the molecule is CN(Cc1ccccn1)[C@H]1CCCN(C(=O)c2cc[nH]c2)CC1. The maximum absolute atomic E-state index is 12.5. The van der Waals surface area contributed by atoms with Crippen molar-refractivity contribution in [2.24, 2.45) is 0 Å². The molecule has 0 saturated carbocycles. The van der Waals surface area contributed by atoms with Gasteiger partial charge in [-0.05, 0) is 44.5 Å². The molecule has 2 aromatic heterocycles. The highest BCUT2D eigenvalue weighted by atomic mass is 16.2. The van der Waals surface area contributed by atoms with Crippen molar-refractivity contribution in [3.63, 3.8) is 0 Å². The molecule has 5 nitrogen and oxygen atoms in total. The first-order chi connectivity index (χ1) is 11.2. The highest BCUT2D eigenvalue weighted by Crippen LogP contribution is 2.19. The molecule has 3 rings (SSSR count). The van der Waals surface area contributed by atoms with Crippen LogP contribution in [0.25, 0.3) is 0 Å². The Kier molecular flexibility index (Phi) is 5.08. The normalized spacial score (nSPS) is 18.9. The lowest BCUT2D eigenvalue weighted by Crippen LogP contribution is -2.34. The van der Waals surface area contributed by atoms with E-state index in [0.717, 1.165) is 50.2 Å². The number of rotatable bonds is 4. The Morgan fingerprint density at radius 1 is 1.35 bits per heavy atom. The Balaban J connectivity index is 1.56. The van der Waals surface area contributed by atoms with Crippen LogP contribution in [0.1, 0.15) is 35.3 Å². The van der Waals surface area contributed by atoms with Crippen molar-refractivity contribution >= 4 is 5.91 Å². The van der Waals surface area contributed by atoms with Crippen LogP contribution < -0.4 is 0 Å². The number of pyridine rings is 1. The van der Waals surface area contributed by atoms with Crippen molar-refractivity contribution in [1.82, 2.24) is 19.8 Å². The maximum Gasteiger partial charge on any atom is 0.255 e. The van der Waals surface area contributed by atoms with Crippen molar-refractivity contribution < 1.29 is 4.79 Å². The summed E-state index contributed by atoms with van der Waals surface area (Å²) in [5, 5.41) is 0. The molecule has 0 radical (unpaired) electrons. The molecule has 2 aromatic rings. The smallest absolute Gasteiger partial charge is 0.255 e. The molecule has 122 valence electrons. The van der Waals surface area contributed by atoms with Gasteiger partial charge in [0.1, 0.15) is 0 Å². The van der Waals surface area contributed by atoms with Crippen molar-refractivity contribution in [2.45, 2.75) is 31.8 Å². The highest BCUT2D eigenvalue weighted by Gasteiger charge is 2.24. The summed E-state index contributed by atoms with van der Waals surface area (Å²) in [6.07, 6.45) is 8.60. The van der Waals surface area contributed by atoms with Gasteiger partial charge >= 0.3 is 0 Å². The van der Waals surface area contributed by atoms with Crippen LogP contribution >= 0.6 is 0 Å². The van der Waals surface area contributed by atoms with E-state index in [1.54, 1.807) is 12.4 Å². The van der Waals surface area contributed by atoms with E-state index in [9.17, 15) is 4.79 Å². The molecular formula is C18H24N4O. The Morgan fingerprint density at radius 2 is 2.26 bits per heavy atom. The first-order valence-corrected chi connectivity index (χ1v) is 8.26. The van der Waals surface area contributed by atoms with E-state index >= 15 is 0 Å². The lowest BCUT2D eigenvalue weighted by atomic mass is 10.1. The quantitative estimate of drug-likeness (QED) is 0.944. The third kappa shape index (κ3) is 3.99. The standard InChI is InChI=1S/C18H24N4O/c1-21(14-16-5-2-3-9-20-16)17-6-4-11-22(12-8-17)18(23)15-7-10-19-13-15/h2-3,5,7,9-10,13,17,19H,4,6,8,11-12,14H2,1H3/t17-/m0/s1. The molecule has 5 heteroatoms. The molecule has 0 aliphatic carbocycles. The van der Waals surface area contributed by atoms with E-state index < -0.39 is 0 Å². The van der Waals surface area contributed by atoms with Gasteiger partial charge < -0.3 is 9.88 Å². The summed E-state index contributed by atoms with van der Waals surface area (Å²) in [4.78, 5) is 24.2. The summed E-state index contributed by atoms with van der Waals surface area (Å²) in [6.45, 7) is 2.52. The third-order valence-corrected chi connectivity index (χ3v) is 4.59. The summed E-state index contributed by atoms with van der Waals surface area (Å²) in [5.74, 6) is 0.138. The lowest BCUT2D eigenvalue weighted by molar-refractivity contribution is 0.0757. The minimum absolute atomic E-state index is 0.138. The van der Waals surface area contributed by atoms with Crippen molar-refractivity contribution in [2.75, 3.05) is 20.1 Å². The second kappa shape index (κ2) is 7.42. The zero-order valence-electron chi connectivity index (χ0n) is 13.6. The Hall–Kier alpha value is -2.14. The monoisotopic (exact) mass is 312 g/mol. The predicted molar refractivity (Wildman–Crippen MR) is 90.0 cm³/mol. The predicted octanol–water partition coefficient (Wildman–Crippen LogP) is 2.54. The van der Waals surface area contributed by atoms with E-state index in [1.165, 1.54) is 0 Å². The molecule has 1 N–H and O–H groups in total. The number of amides is 1. The zero-order valence-corrected chi connectivity index (χ0v) is 13.6. The van der Waals surface area contributed by atoms with E-state index in [-0.39, 0.29) is 5.91 Å². The van der Waals surface area contributed by atoms with Gasteiger partial charge in [0.05, 0.1) is 11.3 Å². The summed E-state index contributed by atoms with van der Waals surface area (Å²) in [6, 6.07) is 8.38. The molecule has 0 aromatic carbocycles. The molecule has 3 heterocycles. The number of H-pyrrole nitrogens is 1. The summed E-state index contributed by atoms with van der Waals surface area (Å²) < 4.78 is 0. The second-order valence-electron chi connectivity index (χ2n) is 6.21. The van der Waals surface area contributed by atoms with Crippen molar-refractivity contribution in [3.05, 3.63) is 54.1 Å². The van der Waals surface area contributed by atoms with Gasteiger partial charge in [0.2, 0.25) is 0 Å². The number of carbonyl (C=O) groups excluding carboxylic acids is 1. The van der Waals surface area contributed by atoms with E-state index in [1.807, 2.05) is 29.3 Å². The van der Waals surface area contributed by atoms with Gasteiger partial charge in [-0.2, -0.15) is 0 Å². The molecule has 1 aliphatic rings. The minimum Gasteiger partial charge on any atom is -0.367 e. The van der Waals surface area contributed by atoms with Gasteiger partial charge in [0.25, 0.3) is 5.91 Å². The average molecular weight is 312 g/mol. The van der Waals surface area contributed by atoms with Crippen LogP contribution in [0.5, 0.6) is 0 Å². The average Bonchev–Trinajstić information content (AvgIpc) is 2.99. The lowest BCUT2D eigenvalue weighted by Gasteiger charge is -2.27. The second-order valence-corrected chi connectivity index (χ2v) is 6.21. The van der Waals surface area contributed by atoms with Crippen LogP contribution in [0, 0.1) is 0 Å². The first-order valence-electron chi connectivity index (χ1n) is 8.26. The number of hydrogen-bond acceptors (Lipinski definition) is 3.